The fourth-order valence-electron chi connectivity index (χ4n) is 3.72. The van der Waals surface area contributed by atoms with Gasteiger partial charge in [0.05, 0.1) is 12.7 Å². The van der Waals surface area contributed by atoms with Crippen LogP contribution in [0.25, 0.3) is 0 Å². The quantitative estimate of drug-likeness (QED) is 0.831. The summed E-state index contributed by atoms with van der Waals surface area (Å²) in [5.41, 5.74) is 1.05. The van der Waals surface area contributed by atoms with Crippen LogP contribution in [-0.2, 0) is 20.9 Å². The summed E-state index contributed by atoms with van der Waals surface area (Å²) >= 11 is 0. The van der Waals surface area contributed by atoms with Crippen molar-refractivity contribution in [3.63, 3.8) is 0 Å². The van der Waals surface area contributed by atoms with Crippen LogP contribution in [-0.4, -0.2) is 66.0 Å². The lowest BCUT2D eigenvalue weighted by Gasteiger charge is -2.46. The van der Waals surface area contributed by atoms with E-state index < -0.39 is 6.04 Å². The largest absolute Gasteiger partial charge is 0.371 e. The van der Waals surface area contributed by atoms with E-state index in [1.165, 1.54) is 0 Å². The van der Waals surface area contributed by atoms with Crippen molar-refractivity contribution in [2.45, 2.75) is 45.6 Å². The van der Waals surface area contributed by atoms with E-state index in [4.69, 9.17) is 4.74 Å². The molecule has 3 rings (SSSR count). The van der Waals surface area contributed by atoms with Gasteiger partial charge >= 0.3 is 0 Å². The summed E-state index contributed by atoms with van der Waals surface area (Å²) in [4.78, 5) is 29.5. The van der Waals surface area contributed by atoms with Gasteiger partial charge in [-0.15, -0.1) is 0 Å². The van der Waals surface area contributed by atoms with Crippen molar-refractivity contribution >= 4 is 11.8 Å². The Bertz CT molecular complexity index is 634. The summed E-state index contributed by atoms with van der Waals surface area (Å²) in [5, 5.41) is 2.89. The Balaban J connectivity index is 1.60. The molecule has 2 heterocycles. The zero-order chi connectivity index (χ0) is 18.7. The van der Waals surface area contributed by atoms with Gasteiger partial charge < -0.3 is 15.0 Å². The molecule has 0 aromatic heterocycles. The van der Waals surface area contributed by atoms with Gasteiger partial charge in [-0.25, -0.2) is 0 Å². The second-order valence-corrected chi connectivity index (χ2v) is 7.69. The van der Waals surface area contributed by atoms with Crippen LogP contribution in [0.3, 0.4) is 0 Å². The molecule has 1 aromatic rings. The zero-order valence-corrected chi connectivity index (χ0v) is 15.9. The molecule has 1 aromatic carbocycles. The van der Waals surface area contributed by atoms with Gasteiger partial charge in [0, 0.05) is 26.2 Å². The maximum absolute atomic E-state index is 12.9. The van der Waals surface area contributed by atoms with Crippen molar-refractivity contribution in [2.24, 2.45) is 5.92 Å². The summed E-state index contributed by atoms with van der Waals surface area (Å²) in [7, 11) is 0. The first-order valence-corrected chi connectivity index (χ1v) is 9.44. The molecule has 0 saturated carbocycles. The van der Waals surface area contributed by atoms with E-state index in [0.29, 0.717) is 25.6 Å². The van der Waals surface area contributed by atoms with E-state index in [-0.39, 0.29) is 24.0 Å². The van der Waals surface area contributed by atoms with Crippen molar-refractivity contribution < 1.29 is 14.3 Å². The summed E-state index contributed by atoms with van der Waals surface area (Å²) in [6.45, 7) is 9.59. The van der Waals surface area contributed by atoms with Crippen LogP contribution >= 0.6 is 0 Å². The van der Waals surface area contributed by atoms with Crippen LogP contribution in [0.4, 0.5) is 0 Å². The normalized spacial score (nSPS) is 25.2. The van der Waals surface area contributed by atoms with Crippen molar-refractivity contribution in [1.29, 1.82) is 0 Å². The number of piperazine rings is 2. The molecule has 2 saturated heterocycles. The maximum Gasteiger partial charge on any atom is 0.248 e. The number of benzene rings is 1. The third-order valence-electron chi connectivity index (χ3n) is 5.06. The average Bonchev–Trinajstić information content (AvgIpc) is 2.63. The number of carbonyl (C=O) groups is 2. The number of nitrogens with zero attached hydrogens (tertiary/aromatic N) is 2. The van der Waals surface area contributed by atoms with Gasteiger partial charge in [0.15, 0.2) is 0 Å². The number of nitrogens with one attached hydrogen (secondary N) is 1. The molecule has 26 heavy (non-hydrogen) atoms. The standard InChI is InChI=1S/C20H29N3O3/c1-14(2)11-22-9-10-23-17(12-22)19(24)21-18(20(23)25)15(3)26-13-16-7-5-4-6-8-16/h4-8,14-15,17-18H,9-13H2,1-3H3,(H,21,24)/t15-,17-,18+/m1/s1. The molecule has 6 heteroatoms. The highest BCUT2D eigenvalue weighted by molar-refractivity contribution is 5.97. The molecular formula is C20H29N3O3. The fourth-order valence-corrected chi connectivity index (χ4v) is 3.72. The number of hydrogen-bond acceptors (Lipinski definition) is 4. The minimum Gasteiger partial charge on any atom is -0.371 e. The Kier molecular flexibility index (Phi) is 5.94. The highest BCUT2D eigenvalue weighted by Crippen LogP contribution is 2.20. The van der Waals surface area contributed by atoms with Crippen molar-refractivity contribution in [2.75, 3.05) is 26.2 Å². The Morgan fingerprint density at radius 3 is 2.58 bits per heavy atom. The lowest BCUT2D eigenvalue weighted by Crippen LogP contribution is -2.71. The minimum atomic E-state index is -0.612. The van der Waals surface area contributed by atoms with E-state index in [1.807, 2.05) is 37.3 Å². The number of fused-ring (bicyclic) bond motifs is 1. The van der Waals surface area contributed by atoms with Crippen molar-refractivity contribution in [3.8, 4) is 0 Å². The second-order valence-electron chi connectivity index (χ2n) is 7.69. The van der Waals surface area contributed by atoms with Crippen LogP contribution < -0.4 is 5.32 Å². The van der Waals surface area contributed by atoms with Gasteiger partial charge in [-0.05, 0) is 18.4 Å². The molecule has 0 radical (unpaired) electrons. The van der Waals surface area contributed by atoms with Gasteiger partial charge in [0.1, 0.15) is 12.1 Å². The molecule has 142 valence electrons. The van der Waals surface area contributed by atoms with Crippen molar-refractivity contribution in [3.05, 3.63) is 35.9 Å². The number of amides is 2. The van der Waals surface area contributed by atoms with E-state index in [1.54, 1.807) is 4.90 Å². The predicted molar refractivity (Wildman–Crippen MR) is 99.4 cm³/mol. The van der Waals surface area contributed by atoms with Gasteiger partial charge in [-0.2, -0.15) is 0 Å². The van der Waals surface area contributed by atoms with Gasteiger partial charge in [0.25, 0.3) is 0 Å². The Hall–Kier alpha value is -1.92. The maximum atomic E-state index is 12.9. The smallest absolute Gasteiger partial charge is 0.248 e. The molecule has 2 amide bonds. The van der Waals surface area contributed by atoms with Crippen LogP contribution in [0.1, 0.15) is 26.3 Å². The summed E-state index contributed by atoms with van der Waals surface area (Å²) in [5.74, 6) is 0.445. The minimum absolute atomic E-state index is 0.0284. The molecular weight excluding hydrogens is 330 g/mol. The van der Waals surface area contributed by atoms with E-state index in [2.05, 4.69) is 24.1 Å². The monoisotopic (exact) mass is 359 g/mol. The molecule has 0 aliphatic carbocycles. The molecule has 3 atom stereocenters. The Labute approximate surface area is 155 Å². The molecule has 2 aliphatic heterocycles. The third kappa shape index (κ3) is 4.24. The van der Waals surface area contributed by atoms with Crippen LogP contribution in [0, 0.1) is 5.92 Å². The topological polar surface area (TPSA) is 61.9 Å². The van der Waals surface area contributed by atoms with Gasteiger partial charge in [-0.1, -0.05) is 44.2 Å². The van der Waals surface area contributed by atoms with E-state index in [9.17, 15) is 9.59 Å². The first kappa shape index (κ1) is 18.9. The molecule has 2 aliphatic rings. The van der Waals surface area contributed by atoms with E-state index in [0.717, 1.165) is 18.7 Å². The molecule has 2 fully saturated rings. The number of hydrogen-bond donors (Lipinski definition) is 1. The number of rotatable bonds is 6. The first-order chi connectivity index (χ1) is 12.5. The summed E-state index contributed by atoms with van der Waals surface area (Å²) < 4.78 is 5.87. The second kappa shape index (κ2) is 8.18. The molecule has 0 spiro atoms. The number of carbonyl (C=O) groups excluding carboxylic acids is 2. The van der Waals surface area contributed by atoms with Gasteiger partial charge in [0.2, 0.25) is 11.8 Å². The highest BCUT2D eigenvalue weighted by atomic mass is 16.5. The number of ether oxygens (including phenoxy) is 1. The van der Waals surface area contributed by atoms with Crippen LogP contribution in [0.15, 0.2) is 30.3 Å². The zero-order valence-electron chi connectivity index (χ0n) is 15.9. The average molecular weight is 359 g/mol. The Morgan fingerprint density at radius 1 is 1.15 bits per heavy atom. The van der Waals surface area contributed by atoms with Gasteiger partial charge in [-0.3, -0.25) is 14.5 Å². The van der Waals surface area contributed by atoms with Crippen LogP contribution in [0.2, 0.25) is 0 Å². The lowest BCUT2D eigenvalue weighted by molar-refractivity contribution is -0.157. The highest BCUT2D eigenvalue weighted by Gasteiger charge is 2.45. The third-order valence-corrected chi connectivity index (χ3v) is 5.06. The van der Waals surface area contributed by atoms with Crippen LogP contribution in [0.5, 0.6) is 0 Å². The Morgan fingerprint density at radius 2 is 1.88 bits per heavy atom. The summed E-state index contributed by atoms with van der Waals surface area (Å²) in [6, 6.07) is 8.84. The molecule has 6 nitrogen and oxygen atoms in total. The summed E-state index contributed by atoms with van der Waals surface area (Å²) in [6.07, 6.45) is -0.374. The first-order valence-electron chi connectivity index (χ1n) is 9.44. The predicted octanol–water partition coefficient (Wildman–Crippen LogP) is 1.26. The molecule has 1 N–H and O–H groups in total. The van der Waals surface area contributed by atoms with E-state index >= 15 is 0 Å². The SMILES string of the molecule is CC(C)CN1CCN2C(=O)[C@H]([C@@H](C)OCc3ccccc3)NC(=O)[C@H]2C1. The molecule has 0 bridgehead atoms. The molecule has 0 unspecified atom stereocenters. The van der Waals surface area contributed by atoms with Crippen molar-refractivity contribution in [1.82, 2.24) is 15.1 Å². The lowest BCUT2D eigenvalue weighted by atomic mass is 10.0. The fraction of sp³-hybridized carbons (Fsp3) is 0.600.